The molecule has 190 valence electrons. The Hall–Kier alpha value is -2.89. The molecule has 2 aliphatic rings. The van der Waals surface area contributed by atoms with Gasteiger partial charge in [0.05, 0.1) is 5.92 Å². The molecule has 6 heteroatoms. The Morgan fingerprint density at radius 2 is 1.86 bits per heavy atom. The van der Waals surface area contributed by atoms with Crippen molar-refractivity contribution in [2.75, 3.05) is 27.2 Å². The minimum Gasteiger partial charge on any atom is -0.356 e. The van der Waals surface area contributed by atoms with Gasteiger partial charge < -0.3 is 15.1 Å². The van der Waals surface area contributed by atoms with Crippen molar-refractivity contribution in [1.82, 2.24) is 15.1 Å². The Bertz CT molecular complexity index is 949. The minimum absolute atomic E-state index is 0.0338. The first kappa shape index (κ1) is 26.7. The average molecular weight is 480 g/mol. The molecule has 0 spiro atoms. The third-order valence-corrected chi connectivity index (χ3v) is 7.10. The second-order valence-corrected chi connectivity index (χ2v) is 10.0. The number of amides is 3. The fraction of sp³-hybridized carbons (Fsp3) is 0.552. The monoisotopic (exact) mass is 479 g/mol. The van der Waals surface area contributed by atoms with E-state index in [4.69, 9.17) is 0 Å². The molecule has 1 aliphatic carbocycles. The van der Waals surface area contributed by atoms with E-state index in [1.165, 1.54) is 24.0 Å². The number of benzene rings is 1. The van der Waals surface area contributed by atoms with E-state index in [9.17, 15) is 14.4 Å². The molecular weight excluding hydrogens is 438 g/mol. The van der Waals surface area contributed by atoms with Crippen molar-refractivity contribution in [3.8, 4) is 0 Å². The molecule has 3 amide bonds. The Kier molecular flexibility index (Phi) is 10.1. The lowest BCUT2D eigenvalue weighted by molar-refractivity contribution is -0.138. The number of carbonyl (C=O) groups is 3. The number of rotatable bonds is 11. The Balaban J connectivity index is 1.56. The maximum absolute atomic E-state index is 13.4. The van der Waals surface area contributed by atoms with Gasteiger partial charge in [-0.15, -0.1) is 0 Å². The second kappa shape index (κ2) is 13.3. The van der Waals surface area contributed by atoms with Crippen LogP contribution in [0.1, 0.15) is 70.3 Å². The van der Waals surface area contributed by atoms with E-state index >= 15 is 0 Å². The Morgan fingerprint density at radius 1 is 1.09 bits per heavy atom. The maximum atomic E-state index is 13.4. The van der Waals surface area contributed by atoms with Gasteiger partial charge in [-0.25, -0.2) is 0 Å². The fourth-order valence-electron chi connectivity index (χ4n) is 4.99. The van der Waals surface area contributed by atoms with Crippen LogP contribution < -0.4 is 5.32 Å². The zero-order valence-electron chi connectivity index (χ0n) is 21.6. The number of aryl methyl sites for hydroxylation is 1. The van der Waals surface area contributed by atoms with Crippen molar-refractivity contribution >= 4 is 17.7 Å². The lowest BCUT2D eigenvalue weighted by Crippen LogP contribution is -2.44. The number of likely N-dealkylation sites (N-methyl/N-ethyl adjacent to an activating group) is 1. The highest BCUT2D eigenvalue weighted by atomic mass is 16.2. The summed E-state index contributed by atoms with van der Waals surface area (Å²) < 4.78 is 0. The molecule has 0 fully saturated rings. The standard InChI is InChI=1S/C29H41N3O3/c1-22-26(29(35)31(2)3)20-25(28(34)32(22)19-17-24-14-8-5-9-15-24)21-27(33)30-18-11-10-16-23-12-6-4-7-13-23/h4,6-7,12-14,25H,5,8-11,15-21H2,1-3H3,(H,30,33). The highest BCUT2D eigenvalue weighted by Crippen LogP contribution is 2.31. The summed E-state index contributed by atoms with van der Waals surface area (Å²) >= 11 is 0. The van der Waals surface area contributed by atoms with Crippen LogP contribution in [0.3, 0.4) is 0 Å². The third-order valence-electron chi connectivity index (χ3n) is 7.10. The summed E-state index contributed by atoms with van der Waals surface area (Å²) in [6.45, 7) is 3.04. The largest absolute Gasteiger partial charge is 0.356 e. The molecule has 1 N–H and O–H groups in total. The molecule has 0 saturated heterocycles. The van der Waals surface area contributed by atoms with E-state index in [1.807, 2.05) is 25.1 Å². The molecular formula is C29H41N3O3. The predicted octanol–water partition coefficient (Wildman–Crippen LogP) is 4.62. The van der Waals surface area contributed by atoms with Crippen molar-refractivity contribution in [1.29, 1.82) is 0 Å². The highest BCUT2D eigenvalue weighted by Gasteiger charge is 2.36. The van der Waals surface area contributed by atoms with Crippen molar-refractivity contribution in [2.45, 2.75) is 71.1 Å². The van der Waals surface area contributed by atoms with Crippen LogP contribution in [0.4, 0.5) is 0 Å². The van der Waals surface area contributed by atoms with Crippen LogP contribution in [-0.2, 0) is 20.8 Å². The summed E-state index contributed by atoms with van der Waals surface area (Å²) in [5.74, 6) is -0.729. The molecule has 0 saturated carbocycles. The quantitative estimate of drug-likeness (QED) is 0.372. The van der Waals surface area contributed by atoms with E-state index < -0.39 is 5.92 Å². The van der Waals surface area contributed by atoms with E-state index in [-0.39, 0.29) is 24.1 Å². The maximum Gasteiger partial charge on any atom is 0.251 e. The number of nitrogens with one attached hydrogen (secondary N) is 1. The van der Waals surface area contributed by atoms with Crippen molar-refractivity contribution in [3.05, 3.63) is 58.8 Å². The van der Waals surface area contributed by atoms with Gasteiger partial charge >= 0.3 is 0 Å². The summed E-state index contributed by atoms with van der Waals surface area (Å²) in [7, 11) is 3.46. The number of allylic oxidation sites excluding steroid dienone is 2. The van der Waals surface area contributed by atoms with Crippen LogP contribution in [0, 0.1) is 5.92 Å². The zero-order valence-corrected chi connectivity index (χ0v) is 21.6. The van der Waals surface area contributed by atoms with Crippen molar-refractivity contribution < 1.29 is 14.4 Å². The normalized spacial score (nSPS) is 18.4. The van der Waals surface area contributed by atoms with Gasteiger partial charge in [-0.2, -0.15) is 0 Å². The molecule has 0 bridgehead atoms. The molecule has 1 atom stereocenters. The molecule has 0 aromatic heterocycles. The first-order chi connectivity index (χ1) is 16.9. The SMILES string of the molecule is CC1=C(C(=O)N(C)C)CC(CC(=O)NCCCCc2ccccc2)C(=O)N1CCC1=CCCCC1. The second-order valence-electron chi connectivity index (χ2n) is 10.0. The first-order valence-electron chi connectivity index (χ1n) is 13.1. The fourth-order valence-corrected chi connectivity index (χ4v) is 4.99. The van der Waals surface area contributed by atoms with Gasteiger partial charge in [-0.1, -0.05) is 42.0 Å². The van der Waals surface area contributed by atoms with Crippen LogP contribution in [0.15, 0.2) is 53.3 Å². The van der Waals surface area contributed by atoms with Gasteiger partial charge in [0.2, 0.25) is 11.8 Å². The Morgan fingerprint density at radius 3 is 2.54 bits per heavy atom. The van der Waals surface area contributed by atoms with Gasteiger partial charge in [0.25, 0.3) is 5.91 Å². The van der Waals surface area contributed by atoms with E-state index in [0.29, 0.717) is 25.1 Å². The number of unbranched alkanes of at least 4 members (excludes halogenated alkanes) is 1. The van der Waals surface area contributed by atoms with Crippen molar-refractivity contribution in [2.24, 2.45) is 5.92 Å². The smallest absolute Gasteiger partial charge is 0.251 e. The van der Waals surface area contributed by atoms with Crippen LogP contribution in [0.5, 0.6) is 0 Å². The molecule has 1 aromatic carbocycles. The van der Waals surface area contributed by atoms with Crippen LogP contribution in [-0.4, -0.2) is 54.7 Å². The van der Waals surface area contributed by atoms with Gasteiger partial charge in [0.1, 0.15) is 0 Å². The lowest BCUT2D eigenvalue weighted by Gasteiger charge is -2.35. The molecule has 1 aromatic rings. The number of nitrogens with zero attached hydrogens (tertiary/aromatic N) is 2. The first-order valence-corrected chi connectivity index (χ1v) is 13.1. The van der Waals surface area contributed by atoms with Crippen LogP contribution in [0.25, 0.3) is 0 Å². The van der Waals surface area contributed by atoms with E-state index in [0.717, 1.165) is 44.2 Å². The van der Waals surface area contributed by atoms with Gasteiger partial charge in [-0.3, -0.25) is 14.4 Å². The summed E-state index contributed by atoms with van der Waals surface area (Å²) in [6.07, 6.45) is 11.1. The highest BCUT2D eigenvalue weighted by molar-refractivity contribution is 5.98. The summed E-state index contributed by atoms with van der Waals surface area (Å²) in [6, 6.07) is 10.3. The van der Waals surface area contributed by atoms with Gasteiger partial charge in [-0.05, 0) is 70.3 Å². The molecule has 3 rings (SSSR count). The number of hydrogen-bond acceptors (Lipinski definition) is 3. The summed E-state index contributed by atoms with van der Waals surface area (Å²) in [5, 5.41) is 2.98. The summed E-state index contributed by atoms with van der Waals surface area (Å²) in [5.41, 5.74) is 4.08. The van der Waals surface area contributed by atoms with Crippen LogP contribution >= 0.6 is 0 Å². The zero-order chi connectivity index (χ0) is 25.2. The summed E-state index contributed by atoms with van der Waals surface area (Å²) in [4.78, 5) is 42.3. The molecule has 1 heterocycles. The van der Waals surface area contributed by atoms with Gasteiger partial charge in [0.15, 0.2) is 0 Å². The predicted molar refractivity (Wildman–Crippen MR) is 139 cm³/mol. The minimum atomic E-state index is -0.498. The van der Waals surface area contributed by atoms with Gasteiger partial charge in [0, 0.05) is 44.9 Å². The molecule has 6 nitrogen and oxygen atoms in total. The molecule has 0 radical (unpaired) electrons. The Labute approximate surface area is 210 Å². The third kappa shape index (κ3) is 7.81. The van der Waals surface area contributed by atoms with E-state index in [1.54, 1.807) is 23.9 Å². The number of hydrogen-bond donors (Lipinski definition) is 1. The van der Waals surface area contributed by atoms with E-state index in [2.05, 4.69) is 23.5 Å². The van der Waals surface area contributed by atoms with Crippen LogP contribution in [0.2, 0.25) is 0 Å². The average Bonchev–Trinajstić information content (AvgIpc) is 2.86. The molecule has 1 aliphatic heterocycles. The van der Waals surface area contributed by atoms with Crippen molar-refractivity contribution in [3.63, 3.8) is 0 Å². The molecule has 35 heavy (non-hydrogen) atoms. The lowest BCUT2D eigenvalue weighted by atomic mass is 9.88. The molecule has 1 unspecified atom stereocenters. The number of carbonyl (C=O) groups excluding carboxylic acids is 3. The topological polar surface area (TPSA) is 69.7 Å².